The number of nitrogens with zero attached hydrogens (tertiary/aromatic N) is 3. The number of nitrogen functional groups attached to an aromatic ring is 1. The van der Waals surface area contributed by atoms with Gasteiger partial charge in [0, 0.05) is 19.3 Å². The third kappa shape index (κ3) is 2.53. The second kappa shape index (κ2) is 5.98. The first kappa shape index (κ1) is 16.9. The van der Waals surface area contributed by atoms with E-state index in [0.29, 0.717) is 17.9 Å². The van der Waals surface area contributed by atoms with Gasteiger partial charge in [-0.15, -0.1) is 12.4 Å². The lowest BCUT2D eigenvalue weighted by molar-refractivity contribution is 0.568. The Hall–Kier alpha value is -1.44. The molecule has 0 saturated heterocycles. The van der Waals surface area contributed by atoms with Gasteiger partial charge in [0.2, 0.25) is 0 Å². The Kier molecular flexibility index (Phi) is 4.60. The molecule has 2 N–H and O–H groups in total. The summed E-state index contributed by atoms with van der Waals surface area (Å²) in [5.41, 5.74) is 8.06. The summed E-state index contributed by atoms with van der Waals surface area (Å²) in [5, 5.41) is 4.02. The first-order chi connectivity index (χ1) is 9.93. The van der Waals surface area contributed by atoms with Gasteiger partial charge in [-0.3, -0.25) is 8.99 Å². The first-order valence-corrected chi connectivity index (χ1v) is 8.32. The second-order valence-electron chi connectivity index (χ2n) is 4.95. The van der Waals surface area contributed by atoms with Crippen LogP contribution in [0.25, 0.3) is 0 Å². The highest BCUT2D eigenvalue weighted by atomic mass is 35.5. The van der Waals surface area contributed by atoms with Crippen LogP contribution in [0.1, 0.15) is 12.0 Å². The second-order valence-corrected chi connectivity index (χ2v) is 7.13. The largest absolute Gasteiger partial charge is 0.398 e. The Morgan fingerprint density at radius 2 is 2.09 bits per heavy atom. The normalized spacial score (nSPS) is 14.4. The van der Waals surface area contributed by atoms with Gasteiger partial charge in [0.05, 0.1) is 16.9 Å². The maximum atomic E-state index is 12.9. The fourth-order valence-corrected chi connectivity index (χ4v) is 4.81. The molecule has 0 radical (unpaired) electrons. The molecule has 2 heterocycles. The zero-order valence-electron chi connectivity index (χ0n) is 11.9. The number of hydrogen-bond donors (Lipinski definition) is 1. The number of benzene rings is 1. The standard InChI is InChI=1S/C13H15ClN4O2S.ClH/c1-17-13(10(14)8-16-17)21(19,20)18-7-3-4-9-11(15)5-2-6-12(9)18;/h2,5-6,8H,3-4,7,15H2,1H3;1H. The number of aromatic nitrogens is 2. The quantitative estimate of drug-likeness (QED) is 0.830. The average Bonchev–Trinajstić information content (AvgIpc) is 2.78. The SMILES string of the molecule is Cl.Cn1ncc(Cl)c1S(=O)(=O)N1CCCc2c(N)cccc21. The maximum Gasteiger partial charge on any atom is 0.283 e. The van der Waals surface area contributed by atoms with Gasteiger partial charge in [-0.25, -0.2) is 0 Å². The number of sulfonamides is 1. The van der Waals surface area contributed by atoms with E-state index in [1.807, 2.05) is 0 Å². The van der Waals surface area contributed by atoms with Crippen molar-refractivity contribution < 1.29 is 8.42 Å². The molecule has 0 bridgehead atoms. The smallest absolute Gasteiger partial charge is 0.283 e. The number of aryl methyl sites for hydroxylation is 1. The highest BCUT2D eigenvalue weighted by Gasteiger charge is 2.33. The van der Waals surface area contributed by atoms with Crippen LogP contribution in [-0.2, 0) is 23.5 Å². The zero-order chi connectivity index (χ0) is 15.2. The number of nitrogens with two attached hydrogens (primary N) is 1. The molecule has 6 nitrogen and oxygen atoms in total. The van der Waals surface area contributed by atoms with Crippen molar-refractivity contribution in [3.63, 3.8) is 0 Å². The van der Waals surface area contributed by atoms with Crippen LogP contribution in [0, 0.1) is 0 Å². The van der Waals surface area contributed by atoms with Crippen molar-refractivity contribution >= 4 is 45.4 Å². The summed E-state index contributed by atoms with van der Waals surface area (Å²) in [6.45, 7) is 0.403. The summed E-state index contributed by atoms with van der Waals surface area (Å²) in [4.78, 5) is 0. The van der Waals surface area contributed by atoms with E-state index >= 15 is 0 Å². The number of fused-ring (bicyclic) bond motifs is 1. The van der Waals surface area contributed by atoms with Crippen molar-refractivity contribution in [2.24, 2.45) is 7.05 Å². The summed E-state index contributed by atoms with van der Waals surface area (Å²) < 4.78 is 28.4. The predicted molar refractivity (Wildman–Crippen MR) is 89.2 cm³/mol. The van der Waals surface area contributed by atoms with Gasteiger partial charge in [-0.2, -0.15) is 13.5 Å². The fourth-order valence-electron chi connectivity index (χ4n) is 2.66. The minimum absolute atomic E-state index is 0. The Bertz CT molecular complexity index is 785. The summed E-state index contributed by atoms with van der Waals surface area (Å²) in [7, 11) is -2.21. The van der Waals surface area contributed by atoms with Gasteiger partial charge in [-0.1, -0.05) is 17.7 Å². The lowest BCUT2D eigenvalue weighted by Gasteiger charge is -2.31. The molecule has 1 aliphatic rings. The summed E-state index contributed by atoms with van der Waals surface area (Å²) in [6, 6.07) is 5.31. The molecular weight excluding hydrogens is 347 g/mol. The van der Waals surface area contributed by atoms with E-state index in [1.54, 1.807) is 25.2 Å². The minimum Gasteiger partial charge on any atom is -0.398 e. The van der Waals surface area contributed by atoms with Gasteiger partial charge in [0.1, 0.15) is 0 Å². The molecule has 0 amide bonds. The Labute approximate surface area is 140 Å². The third-order valence-electron chi connectivity index (χ3n) is 3.62. The van der Waals surface area contributed by atoms with E-state index in [2.05, 4.69) is 5.10 Å². The molecule has 1 aromatic carbocycles. The van der Waals surface area contributed by atoms with Crippen LogP contribution in [0.5, 0.6) is 0 Å². The van der Waals surface area contributed by atoms with Crippen LogP contribution < -0.4 is 10.0 Å². The lowest BCUT2D eigenvalue weighted by atomic mass is 10.0. The van der Waals surface area contributed by atoms with Crippen LogP contribution in [0.15, 0.2) is 29.4 Å². The Morgan fingerprint density at radius 1 is 1.36 bits per heavy atom. The summed E-state index contributed by atoms with van der Waals surface area (Å²) in [5.74, 6) is 0. The van der Waals surface area contributed by atoms with Crippen molar-refractivity contribution in [1.29, 1.82) is 0 Å². The van der Waals surface area contributed by atoms with E-state index in [9.17, 15) is 8.42 Å². The molecule has 0 fully saturated rings. The van der Waals surface area contributed by atoms with Crippen molar-refractivity contribution in [2.75, 3.05) is 16.6 Å². The van der Waals surface area contributed by atoms with Crippen molar-refractivity contribution in [3.8, 4) is 0 Å². The number of hydrogen-bond acceptors (Lipinski definition) is 4. The van der Waals surface area contributed by atoms with Gasteiger partial charge >= 0.3 is 0 Å². The summed E-state index contributed by atoms with van der Waals surface area (Å²) in [6.07, 6.45) is 2.82. The number of rotatable bonds is 2. The highest BCUT2D eigenvalue weighted by Crippen LogP contribution is 2.36. The van der Waals surface area contributed by atoms with Crippen LogP contribution in [0.2, 0.25) is 5.02 Å². The Balaban J connectivity index is 0.00000176. The van der Waals surface area contributed by atoms with E-state index < -0.39 is 10.0 Å². The van der Waals surface area contributed by atoms with E-state index in [0.717, 1.165) is 18.4 Å². The fraction of sp³-hybridized carbons (Fsp3) is 0.308. The van der Waals surface area contributed by atoms with E-state index in [4.69, 9.17) is 17.3 Å². The van der Waals surface area contributed by atoms with Gasteiger partial charge in [0.25, 0.3) is 10.0 Å². The zero-order valence-corrected chi connectivity index (χ0v) is 14.2. The molecule has 9 heteroatoms. The molecule has 0 unspecified atom stereocenters. The topological polar surface area (TPSA) is 81.2 Å². The van der Waals surface area contributed by atoms with E-state index in [1.165, 1.54) is 15.2 Å². The predicted octanol–water partition coefficient (Wildman–Crippen LogP) is 2.22. The molecule has 0 aliphatic carbocycles. The van der Waals surface area contributed by atoms with Crippen LogP contribution in [0.4, 0.5) is 11.4 Å². The average molecular weight is 363 g/mol. The molecule has 3 rings (SSSR count). The summed E-state index contributed by atoms with van der Waals surface area (Å²) >= 11 is 5.99. The molecule has 0 spiro atoms. The molecule has 120 valence electrons. The number of anilines is 2. The molecule has 0 atom stereocenters. The minimum atomic E-state index is -3.76. The van der Waals surface area contributed by atoms with Crippen LogP contribution in [-0.4, -0.2) is 24.7 Å². The van der Waals surface area contributed by atoms with E-state index in [-0.39, 0.29) is 22.5 Å². The Morgan fingerprint density at radius 3 is 2.73 bits per heavy atom. The number of halogens is 2. The van der Waals surface area contributed by atoms with Crippen molar-refractivity contribution in [1.82, 2.24) is 9.78 Å². The molecule has 1 aromatic heterocycles. The van der Waals surface area contributed by atoms with Crippen molar-refractivity contribution in [2.45, 2.75) is 17.9 Å². The molecule has 22 heavy (non-hydrogen) atoms. The van der Waals surface area contributed by atoms with Gasteiger partial charge in [0.15, 0.2) is 5.03 Å². The van der Waals surface area contributed by atoms with Crippen LogP contribution >= 0.6 is 24.0 Å². The third-order valence-corrected chi connectivity index (χ3v) is 5.94. The first-order valence-electron chi connectivity index (χ1n) is 6.50. The van der Waals surface area contributed by atoms with Gasteiger partial charge < -0.3 is 5.73 Å². The molecular formula is C13H16Cl2N4O2S. The van der Waals surface area contributed by atoms with Crippen LogP contribution in [0.3, 0.4) is 0 Å². The van der Waals surface area contributed by atoms with Gasteiger partial charge in [-0.05, 0) is 30.5 Å². The maximum absolute atomic E-state index is 12.9. The monoisotopic (exact) mass is 362 g/mol. The molecule has 2 aromatic rings. The van der Waals surface area contributed by atoms with Crippen molar-refractivity contribution in [3.05, 3.63) is 35.0 Å². The molecule has 0 saturated carbocycles. The highest BCUT2D eigenvalue weighted by molar-refractivity contribution is 7.92. The molecule has 1 aliphatic heterocycles. The lowest BCUT2D eigenvalue weighted by Crippen LogP contribution is -2.36.